The van der Waals surface area contributed by atoms with Crippen LogP contribution in [0.2, 0.25) is 0 Å². The topological polar surface area (TPSA) is 59.5 Å². The van der Waals surface area contributed by atoms with Crippen LogP contribution in [0.5, 0.6) is 0 Å². The van der Waals surface area contributed by atoms with Crippen molar-refractivity contribution in [1.82, 2.24) is 14.7 Å². The van der Waals surface area contributed by atoms with Gasteiger partial charge >= 0.3 is 0 Å². The maximum atomic E-state index is 12.0. The predicted octanol–water partition coefficient (Wildman–Crippen LogP) is 2.93. The van der Waals surface area contributed by atoms with Crippen molar-refractivity contribution in [3.63, 3.8) is 0 Å². The first-order chi connectivity index (χ1) is 9.63. The summed E-state index contributed by atoms with van der Waals surface area (Å²) in [6.07, 6.45) is 5.32. The van der Waals surface area contributed by atoms with Gasteiger partial charge in [0.2, 0.25) is 0 Å². The molecule has 0 saturated heterocycles. The quantitative estimate of drug-likeness (QED) is 0.801. The molecule has 1 N–H and O–H groups in total. The Balaban J connectivity index is 1.74. The minimum absolute atomic E-state index is 0.158. The van der Waals surface area contributed by atoms with Crippen molar-refractivity contribution >= 4 is 27.5 Å². The minimum Gasteiger partial charge on any atom is -0.469 e. The highest BCUT2D eigenvalue weighted by atomic mass is 79.9. The number of furan rings is 1. The first-order valence-electron chi connectivity index (χ1n) is 6.09. The summed E-state index contributed by atoms with van der Waals surface area (Å²) in [4.78, 5) is 16.4. The third-order valence-electron chi connectivity index (χ3n) is 3.00. The number of rotatable bonds is 3. The first-order valence-corrected chi connectivity index (χ1v) is 6.88. The summed E-state index contributed by atoms with van der Waals surface area (Å²) < 4.78 is 8.00. The van der Waals surface area contributed by atoms with E-state index in [0.717, 1.165) is 15.8 Å². The number of fused-ring (bicyclic) bond motifs is 1. The molecule has 0 saturated carbocycles. The zero-order valence-electron chi connectivity index (χ0n) is 10.8. The standard InChI is InChI=1S/C14H12BrN3O2/c1-9-12(4-5-20-9)14(19)16-6-11-8-18-7-10(15)2-3-13(18)17-11/h2-5,7-8H,6H2,1H3,(H,16,19). The third kappa shape index (κ3) is 2.46. The normalized spacial score (nSPS) is 10.9. The maximum absolute atomic E-state index is 12.0. The maximum Gasteiger partial charge on any atom is 0.255 e. The van der Waals surface area contributed by atoms with E-state index in [9.17, 15) is 4.79 Å². The molecule has 0 fully saturated rings. The van der Waals surface area contributed by atoms with Gasteiger partial charge < -0.3 is 14.1 Å². The number of aromatic nitrogens is 2. The van der Waals surface area contributed by atoms with Gasteiger partial charge in [-0.3, -0.25) is 4.79 Å². The third-order valence-corrected chi connectivity index (χ3v) is 3.47. The minimum atomic E-state index is -0.158. The molecule has 0 aliphatic heterocycles. The van der Waals surface area contributed by atoms with Crippen LogP contribution in [0, 0.1) is 6.92 Å². The monoisotopic (exact) mass is 333 g/mol. The molecule has 0 radical (unpaired) electrons. The number of nitrogens with zero attached hydrogens (tertiary/aromatic N) is 2. The Morgan fingerprint density at radius 3 is 3.00 bits per heavy atom. The Kier molecular flexibility index (Phi) is 3.31. The number of halogens is 1. The van der Waals surface area contributed by atoms with Crippen LogP contribution in [-0.4, -0.2) is 15.3 Å². The molecule has 0 aliphatic rings. The summed E-state index contributed by atoms with van der Waals surface area (Å²) in [5, 5.41) is 2.83. The van der Waals surface area contributed by atoms with Crippen LogP contribution >= 0.6 is 15.9 Å². The molecular weight excluding hydrogens is 322 g/mol. The summed E-state index contributed by atoms with van der Waals surface area (Å²) in [5.41, 5.74) is 2.20. The van der Waals surface area contributed by atoms with Gasteiger partial charge in [0.15, 0.2) is 0 Å². The number of carbonyl (C=O) groups excluding carboxylic acids is 1. The lowest BCUT2D eigenvalue weighted by atomic mass is 10.2. The summed E-state index contributed by atoms with van der Waals surface area (Å²) in [6.45, 7) is 2.14. The average Bonchev–Trinajstić information content (AvgIpc) is 3.01. The van der Waals surface area contributed by atoms with Gasteiger partial charge in [-0.1, -0.05) is 0 Å². The zero-order chi connectivity index (χ0) is 14.1. The van der Waals surface area contributed by atoms with Gasteiger partial charge in [0.05, 0.1) is 24.1 Å². The molecule has 0 atom stereocenters. The highest BCUT2D eigenvalue weighted by molar-refractivity contribution is 9.10. The predicted molar refractivity (Wildman–Crippen MR) is 77.5 cm³/mol. The Morgan fingerprint density at radius 1 is 1.40 bits per heavy atom. The lowest BCUT2D eigenvalue weighted by Crippen LogP contribution is -2.23. The van der Waals surface area contributed by atoms with E-state index in [4.69, 9.17) is 4.42 Å². The van der Waals surface area contributed by atoms with Crippen molar-refractivity contribution < 1.29 is 9.21 Å². The molecule has 3 heterocycles. The zero-order valence-corrected chi connectivity index (χ0v) is 12.3. The fourth-order valence-corrected chi connectivity index (χ4v) is 2.34. The van der Waals surface area contributed by atoms with Crippen molar-refractivity contribution in [2.45, 2.75) is 13.5 Å². The summed E-state index contributed by atoms with van der Waals surface area (Å²) >= 11 is 3.41. The van der Waals surface area contributed by atoms with Crippen LogP contribution in [0.15, 0.2) is 45.7 Å². The average molecular weight is 334 g/mol. The number of aryl methyl sites for hydroxylation is 1. The van der Waals surface area contributed by atoms with E-state index in [2.05, 4.69) is 26.2 Å². The van der Waals surface area contributed by atoms with Crippen molar-refractivity contribution in [3.05, 3.63) is 58.3 Å². The summed E-state index contributed by atoms with van der Waals surface area (Å²) in [5.74, 6) is 0.455. The van der Waals surface area contributed by atoms with E-state index >= 15 is 0 Å². The van der Waals surface area contributed by atoms with E-state index in [1.54, 1.807) is 13.0 Å². The van der Waals surface area contributed by atoms with Crippen molar-refractivity contribution in [3.8, 4) is 0 Å². The summed E-state index contributed by atoms with van der Waals surface area (Å²) in [7, 11) is 0. The van der Waals surface area contributed by atoms with E-state index in [1.807, 2.05) is 28.9 Å². The van der Waals surface area contributed by atoms with Gasteiger partial charge in [-0.05, 0) is 41.1 Å². The second kappa shape index (κ2) is 5.13. The molecule has 0 aliphatic carbocycles. The van der Waals surface area contributed by atoms with E-state index in [1.165, 1.54) is 6.26 Å². The van der Waals surface area contributed by atoms with E-state index < -0.39 is 0 Å². The molecule has 5 nitrogen and oxygen atoms in total. The number of hydrogen-bond donors (Lipinski definition) is 1. The smallest absolute Gasteiger partial charge is 0.255 e. The van der Waals surface area contributed by atoms with Crippen LogP contribution in [0.3, 0.4) is 0 Å². The van der Waals surface area contributed by atoms with E-state index in [-0.39, 0.29) is 5.91 Å². The Morgan fingerprint density at radius 2 is 2.25 bits per heavy atom. The molecule has 3 aromatic rings. The SMILES string of the molecule is Cc1occc1C(=O)NCc1cn2cc(Br)ccc2n1. The number of carbonyl (C=O) groups is 1. The molecule has 102 valence electrons. The van der Waals surface area contributed by atoms with Crippen LogP contribution in [0.1, 0.15) is 21.8 Å². The number of imidazole rings is 1. The molecule has 0 bridgehead atoms. The number of amides is 1. The van der Waals surface area contributed by atoms with Gasteiger partial charge in [0.25, 0.3) is 5.91 Å². The van der Waals surface area contributed by atoms with Gasteiger partial charge in [-0.25, -0.2) is 4.98 Å². The van der Waals surface area contributed by atoms with Gasteiger partial charge in [0, 0.05) is 16.9 Å². The second-order valence-electron chi connectivity index (χ2n) is 4.42. The highest BCUT2D eigenvalue weighted by Crippen LogP contribution is 2.13. The lowest BCUT2D eigenvalue weighted by molar-refractivity contribution is 0.0949. The van der Waals surface area contributed by atoms with Crippen molar-refractivity contribution in [2.75, 3.05) is 0 Å². The fraction of sp³-hybridized carbons (Fsp3) is 0.143. The summed E-state index contributed by atoms with van der Waals surface area (Å²) in [6, 6.07) is 5.50. The Hall–Kier alpha value is -2.08. The molecule has 3 rings (SSSR count). The number of hydrogen-bond acceptors (Lipinski definition) is 3. The molecular formula is C14H12BrN3O2. The van der Waals surface area contributed by atoms with E-state index in [0.29, 0.717) is 17.9 Å². The van der Waals surface area contributed by atoms with Crippen LogP contribution in [0.25, 0.3) is 5.65 Å². The number of pyridine rings is 1. The molecule has 1 amide bonds. The largest absolute Gasteiger partial charge is 0.469 e. The molecule has 0 spiro atoms. The Bertz CT molecular complexity index is 776. The lowest BCUT2D eigenvalue weighted by Gasteiger charge is -2.01. The molecule has 0 unspecified atom stereocenters. The molecule has 3 aromatic heterocycles. The van der Waals surface area contributed by atoms with Gasteiger partial charge in [0.1, 0.15) is 11.4 Å². The molecule has 6 heteroatoms. The van der Waals surface area contributed by atoms with Crippen molar-refractivity contribution in [1.29, 1.82) is 0 Å². The first kappa shape index (κ1) is 12.9. The van der Waals surface area contributed by atoms with Crippen molar-refractivity contribution in [2.24, 2.45) is 0 Å². The van der Waals surface area contributed by atoms with Gasteiger partial charge in [-0.15, -0.1) is 0 Å². The highest BCUT2D eigenvalue weighted by Gasteiger charge is 2.11. The molecule has 20 heavy (non-hydrogen) atoms. The second-order valence-corrected chi connectivity index (χ2v) is 5.33. The van der Waals surface area contributed by atoms with Crippen LogP contribution in [-0.2, 0) is 6.54 Å². The Labute approximate surface area is 123 Å². The number of nitrogens with one attached hydrogen (secondary N) is 1. The van der Waals surface area contributed by atoms with Crippen LogP contribution < -0.4 is 5.32 Å². The molecule has 0 aromatic carbocycles. The van der Waals surface area contributed by atoms with Crippen LogP contribution in [0.4, 0.5) is 0 Å². The fourth-order valence-electron chi connectivity index (χ4n) is 1.99. The van der Waals surface area contributed by atoms with Gasteiger partial charge in [-0.2, -0.15) is 0 Å².